The van der Waals surface area contributed by atoms with E-state index in [1.165, 1.54) is 19.3 Å². The van der Waals surface area contributed by atoms with Crippen LogP contribution in [0.2, 0.25) is 0 Å². The topological polar surface area (TPSA) is 72.8 Å². The fourth-order valence-electron chi connectivity index (χ4n) is 2.51. The number of carbonyl (C=O) groups is 2. The second-order valence-electron chi connectivity index (χ2n) is 6.00. The molecule has 0 aromatic heterocycles. The number of nitrogens with zero attached hydrogens (tertiary/aromatic N) is 1. The van der Waals surface area contributed by atoms with Gasteiger partial charge in [-0.05, 0) is 41.0 Å². The molecule has 0 saturated carbocycles. The highest BCUT2D eigenvalue weighted by atomic mass is 32.2. The quantitative estimate of drug-likeness (QED) is 0.432. The van der Waals surface area contributed by atoms with Crippen LogP contribution in [0.5, 0.6) is 0 Å². The van der Waals surface area contributed by atoms with Crippen LogP contribution < -0.4 is 0 Å². The van der Waals surface area contributed by atoms with Crippen LogP contribution in [0.4, 0.5) is 0 Å². The van der Waals surface area contributed by atoms with Crippen molar-refractivity contribution >= 4 is 38.5 Å². The molecule has 1 unspecified atom stereocenters. The minimum atomic E-state index is -2.93. The van der Waals surface area contributed by atoms with Gasteiger partial charge in [0.05, 0.1) is 21.2 Å². The normalized spacial score (nSPS) is 13.5. The minimum Gasteiger partial charge on any atom is -0.463 e. The average Bonchev–Trinajstić information content (AvgIpc) is 2.58. The van der Waals surface area contributed by atoms with Crippen LogP contribution >= 0.6 is 0 Å². The smallest absolute Gasteiger partial charge is 0.330 e. The van der Waals surface area contributed by atoms with E-state index in [0.29, 0.717) is 17.1 Å². The van der Waals surface area contributed by atoms with Crippen molar-refractivity contribution < 1.29 is 18.5 Å². The van der Waals surface area contributed by atoms with Crippen molar-refractivity contribution in [3.63, 3.8) is 0 Å². The Morgan fingerprint density at radius 1 is 1.19 bits per heavy atom. The Labute approximate surface area is 154 Å². The molecule has 0 N–H and O–H groups in total. The summed E-state index contributed by atoms with van der Waals surface area (Å²) in [7, 11) is -2.93. The summed E-state index contributed by atoms with van der Waals surface area (Å²) in [6, 6.07) is 11.2. The predicted octanol–water partition coefficient (Wildman–Crippen LogP) is 4.20. The molecule has 6 heteroatoms. The summed E-state index contributed by atoms with van der Waals surface area (Å²) in [5, 5.41) is 1.83. The van der Waals surface area contributed by atoms with Crippen LogP contribution in [-0.2, 0) is 24.1 Å². The number of benzene rings is 2. The van der Waals surface area contributed by atoms with Crippen LogP contribution in [0.1, 0.15) is 32.3 Å². The number of rotatable bonds is 6. The first-order chi connectivity index (χ1) is 12.3. The van der Waals surface area contributed by atoms with Crippen LogP contribution in [-0.4, -0.2) is 28.9 Å². The van der Waals surface area contributed by atoms with Crippen LogP contribution in [0.3, 0.4) is 0 Å². The maximum atomic E-state index is 13.0. The molecule has 2 aromatic carbocycles. The molecule has 1 amide bonds. The Balaban J connectivity index is 2.49. The number of fused-ring (bicyclic) bond motifs is 1. The third kappa shape index (κ3) is 5.26. The lowest BCUT2D eigenvalue weighted by atomic mass is 10.1. The molecule has 2 rings (SSSR count). The fraction of sp³-hybridized carbons (Fsp3) is 0.300. The Kier molecular flexibility index (Phi) is 6.69. The first-order valence-electron chi connectivity index (χ1n) is 8.44. The molecule has 138 valence electrons. The third-order valence-electron chi connectivity index (χ3n) is 3.73. The van der Waals surface area contributed by atoms with Gasteiger partial charge in [0.2, 0.25) is 0 Å². The van der Waals surface area contributed by atoms with Gasteiger partial charge in [-0.25, -0.2) is 9.00 Å². The van der Waals surface area contributed by atoms with Crippen molar-refractivity contribution in [3.05, 3.63) is 48.0 Å². The van der Waals surface area contributed by atoms with Crippen molar-refractivity contribution in [2.24, 2.45) is 4.36 Å². The standard InChI is InChI=1S/C20H23NO4S/c1-4-5-12-25-20(23)11-10-18-13-16-8-6-7-9-17(16)14-19(18)26(3,24)21-15(2)22/h6-11,13-14H,4-5,12H2,1-3H3/b11-10+. The summed E-state index contributed by atoms with van der Waals surface area (Å²) in [6.45, 7) is 3.65. The Morgan fingerprint density at radius 3 is 2.46 bits per heavy atom. The second kappa shape index (κ2) is 8.76. The van der Waals surface area contributed by atoms with Gasteiger partial charge in [0, 0.05) is 19.3 Å². The highest BCUT2D eigenvalue weighted by Crippen LogP contribution is 2.26. The zero-order valence-electron chi connectivity index (χ0n) is 15.2. The fourth-order valence-corrected chi connectivity index (χ4v) is 4.01. The van der Waals surface area contributed by atoms with Crippen molar-refractivity contribution in [2.75, 3.05) is 12.9 Å². The van der Waals surface area contributed by atoms with E-state index in [4.69, 9.17) is 4.74 Å². The summed E-state index contributed by atoms with van der Waals surface area (Å²) in [5.74, 6) is -0.955. The molecule has 0 bridgehead atoms. The number of carbonyl (C=O) groups excluding carboxylic acids is 2. The summed E-state index contributed by atoms with van der Waals surface area (Å²) in [4.78, 5) is 23.6. The van der Waals surface area contributed by atoms with Gasteiger partial charge in [0.25, 0.3) is 5.91 Å². The summed E-state index contributed by atoms with van der Waals surface area (Å²) in [6.07, 6.45) is 6.05. The van der Waals surface area contributed by atoms with Crippen LogP contribution in [0.15, 0.2) is 51.7 Å². The lowest BCUT2D eigenvalue weighted by Crippen LogP contribution is -2.04. The van der Waals surface area contributed by atoms with Crippen LogP contribution in [0, 0.1) is 0 Å². The van der Waals surface area contributed by atoms with E-state index in [1.807, 2.05) is 37.3 Å². The number of hydrogen-bond donors (Lipinski definition) is 0. The van der Waals surface area contributed by atoms with Gasteiger partial charge < -0.3 is 4.74 Å². The largest absolute Gasteiger partial charge is 0.463 e. The molecule has 0 aliphatic heterocycles. The van der Waals surface area contributed by atoms with Crippen molar-refractivity contribution in [1.29, 1.82) is 0 Å². The average molecular weight is 373 g/mol. The zero-order valence-corrected chi connectivity index (χ0v) is 16.0. The number of unbranched alkanes of at least 4 members (excludes halogenated alkanes) is 1. The number of esters is 1. The second-order valence-corrected chi connectivity index (χ2v) is 8.23. The van der Waals surface area contributed by atoms with E-state index in [-0.39, 0.29) is 0 Å². The van der Waals surface area contributed by atoms with Gasteiger partial charge in [-0.15, -0.1) is 0 Å². The summed E-state index contributed by atoms with van der Waals surface area (Å²) < 4.78 is 21.9. The molecule has 5 nitrogen and oxygen atoms in total. The molecule has 2 aromatic rings. The van der Waals surface area contributed by atoms with E-state index in [2.05, 4.69) is 4.36 Å². The van der Waals surface area contributed by atoms with E-state index in [9.17, 15) is 13.8 Å². The monoisotopic (exact) mass is 373 g/mol. The van der Waals surface area contributed by atoms with Crippen LogP contribution in [0.25, 0.3) is 16.8 Å². The highest BCUT2D eigenvalue weighted by Gasteiger charge is 2.13. The minimum absolute atomic E-state index is 0.369. The molecule has 0 radical (unpaired) electrons. The van der Waals surface area contributed by atoms with E-state index in [1.54, 1.807) is 12.1 Å². The predicted molar refractivity (Wildman–Crippen MR) is 104 cm³/mol. The molecule has 0 spiro atoms. The van der Waals surface area contributed by atoms with E-state index < -0.39 is 21.6 Å². The lowest BCUT2D eigenvalue weighted by Gasteiger charge is -2.10. The van der Waals surface area contributed by atoms with Gasteiger partial charge in [-0.1, -0.05) is 37.6 Å². The molecule has 0 fully saturated rings. The van der Waals surface area contributed by atoms with E-state index in [0.717, 1.165) is 23.6 Å². The molecule has 0 saturated heterocycles. The Hall–Kier alpha value is -2.47. The molecule has 0 aliphatic carbocycles. The van der Waals surface area contributed by atoms with Gasteiger partial charge >= 0.3 is 5.97 Å². The number of ether oxygens (including phenoxy) is 1. The summed E-state index contributed by atoms with van der Waals surface area (Å²) >= 11 is 0. The van der Waals surface area contributed by atoms with Gasteiger partial charge in [-0.2, -0.15) is 4.36 Å². The highest BCUT2D eigenvalue weighted by molar-refractivity contribution is 7.93. The molecule has 0 heterocycles. The Bertz CT molecular complexity index is 969. The number of hydrogen-bond acceptors (Lipinski definition) is 4. The first kappa shape index (κ1) is 19.8. The van der Waals surface area contributed by atoms with Gasteiger partial charge in [0.15, 0.2) is 0 Å². The van der Waals surface area contributed by atoms with Crippen molar-refractivity contribution in [1.82, 2.24) is 0 Å². The summed E-state index contributed by atoms with van der Waals surface area (Å²) in [5.41, 5.74) is 0.577. The number of amides is 1. The molecule has 0 aliphatic rings. The molecule has 1 atom stereocenters. The third-order valence-corrected chi connectivity index (χ3v) is 5.51. The van der Waals surface area contributed by atoms with E-state index >= 15 is 0 Å². The maximum absolute atomic E-state index is 13.0. The van der Waals surface area contributed by atoms with Crippen molar-refractivity contribution in [3.8, 4) is 0 Å². The van der Waals surface area contributed by atoms with Crippen molar-refractivity contribution in [2.45, 2.75) is 31.6 Å². The van der Waals surface area contributed by atoms with Gasteiger partial charge in [-0.3, -0.25) is 4.79 Å². The molecule has 26 heavy (non-hydrogen) atoms. The molecular formula is C20H23NO4S. The Morgan fingerprint density at radius 2 is 1.85 bits per heavy atom. The lowest BCUT2D eigenvalue weighted by molar-refractivity contribution is -0.137. The maximum Gasteiger partial charge on any atom is 0.330 e. The zero-order chi connectivity index (χ0) is 19.2. The van der Waals surface area contributed by atoms with Gasteiger partial charge in [0.1, 0.15) is 0 Å². The first-order valence-corrected chi connectivity index (χ1v) is 10.4. The molecular weight excluding hydrogens is 350 g/mol. The SMILES string of the molecule is CCCCOC(=O)/C=C/c1cc2ccccc2cc1S(C)(=O)=NC(C)=O.